The van der Waals surface area contributed by atoms with Crippen LogP contribution in [0.3, 0.4) is 0 Å². The molecule has 0 radical (unpaired) electrons. The summed E-state index contributed by atoms with van der Waals surface area (Å²) in [5.41, 5.74) is -1.41. The summed E-state index contributed by atoms with van der Waals surface area (Å²) in [6.45, 7) is 9.34. The summed E-state index contributed by atoms with van der Waals surface area (Å²) < 4.78 is 21.5. The zero-order valence-corrected chi connectivity index (χ0v) is 17.9. The van der Waals surface area contributed by atoms with Gasteiger partial charge in [0.05, 0.1) is 19.5 Å². The molecule has 0 spiro atoms. The lowest BCUT2D eigenvalue weighted by atomic mass is 9.83. The maximum atomic E-state index is 12.0. The zero-order valence-electron chi connectivity index (χ0n) is 17.9. The second-order valence-corrected chi connectivity index (χ2v) is 8.49. The van der Waals surface area contributed by atoms with Gasteiger partial charge in [0.25, 0.3) is 0 Å². The molecule has 2 aromatic rings. The number of hydrogen-bond acceptors (Lipinski definition) is 8. The molecule has 0 atom stereocenters. The molecule has 0 bridgehead atoms. The minimum Gasteiger partial charge on any atom is -0.502 e. The smallest absolute Gasteiger partial charge is 0.230 e. The Morgan fingerprint density at radius 3 is 2.03 bits per heavy atom. The van der Waals surface area contributed by atoms with Crippen LogP contribution >= 0.6 is 0 Å². The molecule has 0 amide bonds. The number of aromatic hydroxyl groups is 2. The molecule has 0 aromatic carbocycles. The van der Waals surface area contributed by atoms with Crippen molar-refractivity contribution in [2.75, 3.05) is 26.4 Å². The highest BCUT2D eigenvalue weighted by Crippen LogP contribution is 2.27. The van der Waals surface area contributed by atoms with Crippen molar-refractivity contribution in [1.29, 1.82) is 0 Å². The van der Waals surface area contributed by atoms with Crippen LogP contribution in [0, 0.1) is 0 Å². The van der Waals surface area contributed by atoms with E-state index in [-0.39, 0.29) is 0 Å². The van der Waals surface area contributed by atoms with E-state index in [0.717, 1.165) is 12.5 Å². The van der Waals surface area contributed by atoms with Crippen molar-refractivity contribution in [3.8, 4) is 11.5 Å². The van der Waals surface area contributed by atoms with E-state index in [9.17, 15) is 19.8 Å². The molecular formula is C22H30O8. The maximum Gasteiger partial charge on any atom is 0.230 e. The molecule has 0 unspecified atom stereocenters. The first-order valence-corrected chi connectivity index (χ1v) is 9.82. The molecule has 8 heteroatoms. The second kappa shape index (κ2) is 9.95. The van der Waals surface area contributed by atoms with Gasteiger partial charge in [0.1, 0.15) is 18.3 Å². The van der Waals surface area contributed by atoms with Crippen molar-refractivity contribution in [3.63, 3.8) is 0 Å². The Balaban J connectivity index is 1.68. The van der Waals surface area contributed by atoms with Gasteiger partial charge in [-0.05, 0) is 18.3 Å². The number of rotatable bonds is 11. The molecule has 0 aliphatic carbocycles. The lowest BCUT2D eigenvalue weighted by Gasteiger charge is -2.24. The van der Waals surface area contributed by atoms with Gasteiger partial charge in [0, 0.05) is 30.3 Å². The van der Waals surface area contributed by atoms with Gasteiger partial charge in [-0.25, -0.2) is 0 Å². The van der Waals surface area contributed by atoms with Crippen molar-refractivity contribution < 1.29 is 28.5 Å². The van der Waals surface area contributed by atoms with Gasteiger partial charge in [-0.15, -0.1) is 0 Å². The van der Waals surface area contributed by atoms with Crippen LogP contribution in [0.25, 0.3) is 0 Å². The van der Waals surface area contributed by atoms with Crippen LogP contribution in [0.15, 0.2) is 43.3 Å². The number of ether oxygens (including phenoxy) is 2. The summed E-state index contributed by atoms with van der Waals surface area (Å²) in [7, 11) is 0. The molecule has 2 rings (SSSR count). The van der Waals surface area contributed by atoms with Gasteiger partial charge in [-0.2, -0.15) is 0 Å². The monoisotopic (exact) mass is 422 g/mol. The van der Waals surface area contributed by atoms with Gasteiger partial charge < -0.3 is 28.5 Å². The minimum absolute atomic E-state index is 0.399. The Bertz CT molecular complexity index is 939. The third-order valence-corrected chi connectivity index (χ3v) is 5.17. The van der Waals surface area contributed by atoms with Crippen LogP contribution in [0.4, 0.5) is 0 Å². The first-order chi connectivity index (χ1) is 14.0. The molecule has 30 heavy (non-hydrogen) atoms. The molecule has 2 heterocycles. The van der Waals surface area contributed by atoms with Crippen molar-refractivity contribution in [3.05, 3.63) is 56.6 Å². The third-order valence-electron chi connectivity index (χ3n) is 5.17. The largest absolute Gasteiger partial charge is 0.502 e. The summed E-state index contributed by atoms with van der Waals surface area (Å²) in [4.78, 5) is 23.6. The molecule has 2 aromatic heterocycles. The zero-order chi connectivity index (χ0) is 22.4. The summed E-state index contributed by atoms with van der Waals surface area (Å²) >= 11 is 0. The quantitative estimate of drug-likeness (QED) is 0.530. The van der Waals surface area contributed by atoms with E-state index in [1.165, 1.54) is 12.3 Å². The maximum absolute atomic E-state index is 12.0. The molecule has 0 saturated heterocycles. The molecular weight excluding hydrogens is 392 g/mol. The van der Waals surface area contributed by atoms with Gasteiger partial charge in [0.15, 0.2) is 11.5 Å². The molecule has 166 valence electrons. The second-order valence-electron chi connectivity index (χ2n) is 8.49. The lowest BCUT2D eigenvalue weighted by Crippen LogP contribution is -2.27. The van der Waals surface area contributed by atoms with Gasteiger partial charge in [0.2, 0.25) is 10.9 Å². The van der Waals surface area contributed by atoms with E-state index in [1.54, 1.807) is 0 Å². The highest BCUT2D eigenvalue weighted by atomic mass is 16.5. The predicted molar refractivity (Wildman–Crippen MR) is 110 cm³/mol. The predicted octanol–water partition coefficient (Wildman–Crippen LogP) is 3.07. The Hall–Kier alpha value is -2.58. The van der Waals surface area contributed by atoms with Crippen molar-refractivity contribution in [2.45, 2.75) is 51.4 Å². The van der Waals surface area contributed by atoms with Crippen molar-refractivity contribution in [2.24, 2.45) is 0 Å². The fourth-order valence-electron chi connectivity index (χ4n) is 2.87. The molecule has 0 fully saturated rings. The topological polar surface area (TPSA) is 119 Å². The molecule has 2 N–H and O–H groups in total. The highest BCUT2D eigenvalue weighted by Gasteiger charge is 2.26. The average molecular weight is 422 g/mol. The van der Waals surface area contributed by atoms with Crippen LogP contribution in [-0.4, -0.2) is 36.6 Å². The normalized spacial score (nSPS) is 12.3. The van der Waals surface area contributed by atoms with Gasteiger partial charge in [-0.3, -0.25) is 9.59 Å². The Labute approximate surface area is 175 Å². The highest BCUT2D eigenvalue weighted by molar-refractivity contribution is 5.26. The molecule has 0 saturated carbocycles. The van der Waals surface area contributed by atoms with E-state index in [0.29, 0.717) is 50.6 Å². The van der Waals surface area contributed by atoms with Crippen molar-refractivity contribution in [1.82, 2.24) is 0 Å². The van der Waals surface area contributed by atoms with E-state index in [4.69, 9.17) is 18.3 Å². The van der Waals surface area contributed by atoms with Crippen LogP contribution in [0.5, 0.6) is 11.5 Å². The minimum atomic E-state index is -0.502. The van der Waals surface area contributed by atoms with Gasteiger partial charge in [-0.1, -0.05) is 27.7 Å². The molecule has 0 aliphatic heterocycles. The number of hydrogen-bond donors (Lipinski definition) is 2. The standard InChI is InChI=1S/C22H30O8/c1-21(2,15-12-29-13-18(25)20(15)26)5-7-27-9-10-28-8-6-22(3,4)19-11-16(23)17(24)14-30-19/h11-14,24-25H,5-10H2,1-4H3. The SMILES string of the molecule is CC(C)(CCOCCOCCC(C)(C)c1cocc(O)c1=O)c1cc(=O)c(O)co1. The van der Waals surface area contributed by atoms with Crippen LogP contribution in [0.1, 0.15) is 51.9 Å². The van der Waals surface area contributed by atoms with Crippen LogP contribution in [0.2, 0.25) is 0 Å². The molecule has 0 aliphatic rings. The van der Waals surface area contributed by atoms with E-state index in [1.807, 2.05) is 27.7 Å². The lowest BCUT2D eigenvalue weighted by molar-refractivity contribution is 0.0361. The van der Waals surface area contributed by atoms with E-state index >= 15 is 0 Å². The summed E-state index contributed by atoms with van der Waals surface area (Å²) in [5, 5.41) is 18.8. The summed E-state index contributed by atoms with van der Waals surface area (Å²) in [5.74, 6) is -0.315. The van der Waals surface area contributed by atoms with Crippen LogP contribution in [-0.2, 0) is 20.3 Å². The van der Waals surface area contributed by atoms with Crippen molar-refractivity contribution >= 4 is 0 Å². The first-order valence-electron chi connectivity index (χ1n) is 9.82. The fraction of sp³-hybridized carbons (Fsp3) is 0.545. The average Bonchev–Trinajstić information content (AvgIpc) is 2.67. The third kappa shape index (κ3) is 6.21. The van der Waals surface area contributed by atoms with Gasteiger partial charge >= 0.3 is 0 Å². The summed E-state index contributed by atoms with van der Waals surface area (Å²) in [6.07, 6.45) is 4.64. The van der Waals surface area contributed by atoms with Crippen LogP contribution < -0.4 is 10.9 Å². The summed E-state index contributed by atoms with van der Waals surface area (Å²) in [6, 6.07) is 1.30. The fourth-order valence-corrected chi connectivity index (χ4v) is 2.87. The Morgan fingerprint density at radius 2 is 1.43 bits per heavy atom. The molecule has 8 nitrogen and oxygen atoms in total. The first kappa shape index (κ1) is 23.7. The van der Waals surface area contributed by atoms with E-state index < -0.39 is 33.2 Å². The van der Waals surface area contributed by atoms with E-state index in [2.05, 4.69) is 0 Å². The Morgan fingerprint density at radius 1 is 0.833 bits per heavy atom. The Kier molecular flexibility index (Phi) is 7.86.